The second-order valence-electron chi connectivity index (χ2n) is 7.10. The maximum Gasteiger partial charge on any atom is 0.253 e. The molecular formula is C19H33N3O5. The summed E-state index contributed by atoms with van der Waals surface area (Å²) in [6, 6.07) is -1.30. The van der Waals surface area contributed by atoms with E-state index >= 15 is 0 Å². The van der Waals surface area contributed by atoms with Crippen molar-refractivity contribution in [2.75, 3.05) is 6.54 Å². The molecule has 8 heteroatoms. The highest BCUT2D eigenvalue weighted by molar-refractivity contribution is 6.12. The van der Waals surface area contributed by atoms with Crippen LogP contribution in [0.25, 0.3) is 0 Å². The molecule has 0 saturated carbocycles. The number of Topliss-reactive ketones (excluding diaryl/α,β-unsaturated/α-hetero) is 1. The molecule has 2 atom stereocenters. The van der Waals surface area contributed by atoms with Gasteiger partial charge in [-0.1, -0.05) is 20.3 Å². The molecule has 1 aliphatic rings. The van der Waals surface area contributed by atoms with Crippen LogP contribution in [-0.2, 0) is 24.0 Å². The van der Waals surface area contributed by atoms with Crippen LogP contribution in [-0.4, -0.2) is 52.9 Å². The zero-order chi connectivity index (χ0) is 20.6. The quantitative estimate of drug-likeness (QED) is 0.411. The van der Waals surface area contributed by atoms with Crippen LogP contribution in [0.3, 0.4) is 0 Å². The first-order valence-corrected chi connectivity index (χ1v) is 9.27. The number of unbranched alkanes of at least 4 members (excludes halogenated alkanes) is 2. The number of carbonyl (C=O) groups is 5. The van der Waals surface area contributed by atoms with Gasteiger partial charge in [0.2, 0.25) is 11.8 Å². The number of ketones is 1. The normalized spacial score (nSPS) is 15.8. The summed E-state index contributed by atoms with van der Waals surface area (Å²) in [6.07, 6.45) is 4.64. The first kappa shape index (κ1) is 22.5. The number of hydrogen-bond donors (Lipinski definition) is 2. The molecule has 0 aromatic carbocycles. The molecule has 154 valence electrons. The summed E-state index contributed by atoms with van der Waals surface area (Å²) in [7, 11) is 0. The molecule has 0 radical (unpaired) electrons. The standard InChI is InChI=1S/C19H29N3O5.2H2/c1-12(2)18(19(27)20-13(3)14(4)23)21-15(24)8-6-5-7-11-22-16(25)9-10-17(22)26;;/h9-10,12-13,18H,5-8,11H2,1-4H3,(H,20,27)(H,21,24);2*1H/t13-,18-;;/m0../s1. The van der Waals surface area contributed by atoms with Gasteiger partial charge in [0.15, 0.2) is 5.78 Å². The fourth-order valence-electron chi connectivity index (χ4n) is 2.57. The topological polar surface area (TPSA) is 113 Å². The Morgan fingerprint density at radius 3 is 2.11 bits per heavy atom. The number of nitrogens with zero attached hydrogens (tertiary/aromatic N) is 1. The highest BCUT2D eigenvalue weighted by Crippen LogP contribution is 2.09. The smallest absolute Gasteiger partial charge is 0.253 e. The van der Waals surface area contributed by atoms with Gasteiger partial charge in [0.05, 0.1) is 6.04 Å². The minimum absolute atomic E-state index is 0. The van der Waals surface area contributed by atoms with Gasteiger partial charge in [-0.2, -0.15) is 0 Å². The average Bonchev–Trinajstić information content (AvgIpc) is 2.90. The third-order valence-corrected chi connectivity index (χ3v) is 4.42. The number of rotatable bonds is 11. The molecule has 1 heterocycles. The Hall–Kier alpha value is -2.51. The first-order valence-electron chi connectivity index (χ1n) is 9.27. The Morgan fingerprint density at radius 2 is 1.59 bits per heavy atom. The second-order valence-corrected chi connectivity index (χ2v) is 7.10. The summed E-state index contributed by atoms with van der Waals surface area (Å²) in [5.74, 6) is -1.49. The predicted molar refractivity (Wildman–Crippen MR) is 104 cm³/mol. The van der Waals surface area contributed by atoms with Gasteiger partial charge in [-0.25, -0.2) is 0 Å². The lowest BCUT2D eigenvalue weighted by atomic mass is 10.0. The first-order chi connectivity index (χ1) is 12.6. The van der Waals surface area contributed by atoms with Crippen LogP contribution in [0.15, 0.2) is 12.2 Å². The molecular weight excluding hydrogens is 350 g/mol. The average molecular weight is 383 g/mol. The van der Waals surface area contributed by atoms with Crippen molar-refractivity contribution >= 4 is 29.4 Å². The maximum atomic E-state index is 12.3. The van der Waals surface area contributed by atoms with Gasteiger partial charge in [-0.05, 0) is 32.6 Å². The molecule has 4 amide bonds. The number of nitrogens with one attached hydrogen (secondary N) is 2. The molecule has 0 saturated heterocycles. The number of imide groups is 1. The fourth-order valence-corrected chi connectivity index (χ4v) is 2.57. The summed E-state index contributed by atoms with van der Waals surface area (Å²) in [5.41, 5.74) is 0. The maximum absolute atomic E-state index is 12.3. The highest BCUT2D eigenvalue weighted by Gasteiger charge is 2.26. The van der Waals surface area contributed by atoms with Crippen molar-refractivity contribution in [3.8, 4) is 0 Å². The van der Waals surface area contributed by atoms with Crippen molar-refractivity contribution in [1.82, 2.24) is 15.5 Å². The van der Waals surface area contributed by atoms with Crippen LogP contribution in [0, 0.1) is 5.92 Å². The lowest BCUT2D eigenvalue weighted by Gasteiger charge is -2.23. The molecule has 8 nitrogen and oxygen atoms in total. The van der Waals surface area contributed by atoms with Gasteiger partial charge >= 0.3 is 0 Å². The lowest BCUT2D eigenvalue weighted by molar-refractivity contribution is -0.137. The van der Waals surface area contributed by atoms with Crippen LogP contribution in [0.1, 0.15) is 56.2 Å². The van der Waals surface area contributed by atoms with E-state index in [-0.39, 0.29) is 44.6 Å². The highest BCUT2D eigenvalue weighted by atomic mass is 16.2. The zero-order valence-corrected chi connectivity index (χ0v) is 16.4. The Labute approximate surface area is 162 Å². The molecule has 2 N–H and O–H groups in total. The third-order valence-electron chi connectivity index (χ3n) is 4.42. The summed E-state index contributed by atoms with van der Waals surface area (Å²) in [4.78, 5) is 59.7. The van der Waals surface area contributed by atoms with Crippen LogP contribution in [0.5, 0.6) is 0 Å². The summed E-state index contributed by atoms with van der Waals surface area (Å²) in [5, 5.41) is 5.32. The van der Waals surface area contributed by atoms with Crippen LogP contribution in [0.2, 0.25) is 0 Å². The third kappa shape index (κ3) is 7.32. The summed E-state index contributed by atoms with van der Waals surface area (Å²) < 4.78 is 0. The molecule has 0 unspecified atom stereocenters. The van der Waals surface area contributed by atoms with E-state index in [0.717, 1.165) is 0 Å². The van der Waals surface area contributed by atoms with E-state index in [1.165, 1.54) is 24.0 Å². The van der Waals surface area contributed by atoms with Gasteiger partial charge in [0.1, 0.15) is 6.04 Å². The Bertz CT molecular complexity index is 619. The van der Waals surface area contributed by atoms with Crippen LogP contribution >= 0.6 is 0 Å². The van der Waals surface area contributed by atoms with E-state index in [0.29, 0.717) is 25.8 Å². The van der Waals surface area contributed by atoms with E-state index in [1.54, 1.807) is 6.92 Å². The van der Waals surface area contributed by atoms with E-state index in [4.69, 9.17) is 0 Å². The van der Waals surface area contributed by atoms with E-state index < -0.39 is 12.1 Å². The van der Waals surface area contributed by atoms with Crippen molar-refractivity contribution < 1.29 is 26.8 Å². The molecule has 0 spiro atoms. The van der Waals surface area contributed by atoms with Gasteiger partial charge in [0, 0.05) is 28.0 Å². The summed E-state index contributed by atoms with van der Waals surface area (Å²) >= 11 is 0. The second kappa shape index (κ2) is 10.6. The SMILES string of the molecule is CC(=O)[C@H](C)NC(=O)[C@@H](NC(=O)CCCCCN1C(=O)C=CC1=O)C(C)C.[HH].[HH]. The van der Waals surface area contributed by atoms with Crippen LogP contribution in [0.4, 0.5) is 0 Å². The molecule has 1 rings (SSSR count). The van der Waals surface area contributed by atoms with Crippen molar-refractivity contribution in [1.29, 1.82) is 0 Å². The monoisotopic (exact) mass is 383 g/mol. The number of hydrogen-bond acceptors (Lipinski definition) is 5. The van der Waals surface area contributed by atoms with Gasteiger partial charge < -0.3 is 10.6 Å². The van der Waals surface area contributed by atoms with Crippen molar-refractivity contribution in [3.63, 3.8) is 0 Å². The largest absolute Gasteiger partial charge is 0.345 e. The Morgan fingerprint density at radius 1 is 1.00 bits per heavy atom. The lowest BCUT2D eigenvalue weighted by Crippen LogP contribution is -2.52. The molecule has 0 aliphatic carbocycles. The van der Waals surface area contributed by atoms with Gasteiger partial charge in [0.25, 0.3) is 11.8 Å². The molecule has 1 aliphatic heterocycles. The molecule has 0 aromatic rings. The van der Waals surface area contributed by atoms with Crippen molar-refractivity contribution in [2.45, 2.75) is 65.5 Å². The predicted octanol–water partition coefficient (Wildman–Crippen LogP) is 1.20. The fraction of sp³-hybridized carbons (Fsp3) is 0.632. The van der Waals surface area contributed by atoms with E-state index in [9.17, 15) is 24.0 Å². The Kier molecular flexibility index (Phi) is 8.84. The van der Waals surface area contributed by atoms with Gasteiger partial charge in [-0.3, -0.25) is 28.9 Å². The minimum atomic E-state index is -0.704. The Balaban J connectivity index is 0. The van der Waals surface area contributed by atoms with Crippen LogP contribution < -0.4 is 10.6 Å². The molecule has 27 heavy (non-hydrogen) atoms. The van der Waals surface area contributed by atoms with E-state index in [2.05, 4.69) is 10.6 Å². The van der Waals surface area contributed by atoms with Crippen molar-refractivity contribution in [2.24, 2.45) is 5.92 Å². The number of amides is 4. The summed E-state index contributed by atoms with van der Waals surface area (Å²) in [6.45, 7) is 6.98. The zero-order valence-electron chi connectivity index (χ0n) is 16.4. The number of carbonyl (C=O) groups excluding carboxylic acids is 5. The minimum Gasteiger partial charge on any atom is -0.345 e. The molecule has 0 fully saturated rings. The molecule has 0 bridgehead atoms. The van der Waals surface area contributed by atoms with Gasteiger partial charge in [-0.15, -0.1) is 0 Å². The van der Waals surface area contributed by atoms with E-state index in [1.807, 2.05) is 13.8 Å². The van der Waals surface area contributed by atoms with Crippen molar-refractivity contribution in [3.05, 3.63) is 12.2 Å². The molecule has 0 aromatic heterocycles.